The summed E-state index contributed by atoms with van der Waals surface area (Å²) in [6, 6.07) is 0. The van der Waals surface area contributed by atoms with Crippen LogP contribution in [0.4, 0.5) is 0 Å². The van der Waals surface area contributed by atoms with E-state index in [1.807, 2.05) is 6.92 Å². The molecule has 2 nitrogen and oxygen atoms in total. The highest BCUT2D eigenvalue weighted by Gasteiger charge is 2.29. The van der Waals surface area contributed by atoms with E-state index < -0.39 is 0 Å². The fourth-order valence-electron chi connectivity index (χ4n) is 0.989. The summed E-state index contributed by atoms with van der Waals surface area (Å²) < 4.78 is 6.06. The van der Waals surface area contributed by atoms with Crippen LogP contribution in [0.3, 0.4) is 0 Å². The lowest BCUT2D eigenvalue weighted by atomic mass is 10.3. The van der Waals surface area contributed by atoms with Crippen molar-refractivity contribution in [2.75, 3.05) is 0 Å². The second-order valence-corrected chi connectivity index (χ2v) is 3.51. The van der Waals surface area contributed by atoms with Gasteiger partial charge in [-0.15, -0.1) is 0 Å². The average molecular weight is 202 g/mol. The molecule has 0 aliphatic heterocycles. The summed E-state index contributed by atoms with van der Waals surface area (Å²) in [6.07, 6.45) is 2.54. The van der Waals surface area contributed by atoms with Crippen molar-refractivity contribution in [3.8, 4) is 0 Å². The highest BCUT2D eigenvalue weighted by molar-refractivity contribution is 9.10. The molecule has 1 fully saturated rings. The Hall–Kier alpha value is -0.310. The predicted molar refractivity (Wildman–Crippen MR) is 40.9 cm³/mol. The van der Waals surface area contributed by atoms with Gasteiger partial charge in [-0.2, -0.15) is 0 Å². The molecule has 0 spiro atoms. The van der Waals surface area contributed by atoms with Crippen LogP contribution in [0.25, 0.3) is 0 Å². The van der Waals surface area contributed by atoms with Gasteiger partial charge < -0.3 is 4.52 Å². The van der Waals surface area contributed by atoms with Crippen LogP contribution in [0, 0.1) is 6.92 Å². The van der Waals surface area contributed by atoms with Crippen LogP contribution in [0.5, 0.6) is 0 Å². The molecule has 0 bridgehead atoms. The van der Waals surface area contributed by atoms with E-state index in [9.17, 15) is 0 Å². The predicted octanol–water partition coefficient (Wildman–Crippen LogP) is 2.62. The molecule has 0 amide bonds. The second kappa shape index (κ2) is 2.09. The van der Waals surface area contributed by atoms with Gasteiger partial charge in [0.2, 0.25) is 0 Å². The maximum atomic E-state index is 5.00. The minimum atomic E-state index is 0.673. The third kappa shape index (κ3) is 0.888. The Morgan fingerprint density at radius 2 is 2.30 bits per heavy atom. The summed E-state index contributed by atoms with van der Waals surface area (Å²) in [5.41, 5.74) is 1.11. The molecule has 1 aliphatic rings. The Labute approximate surface area is 67.7 Å². The van der Waals surface area contributed by atoms with Crippen molar-refractivity contribution in [2.45, 2.75) is 25.7 Å². The van der Waals surface area contributed by atoms with E-state index in [1.54, 1.807) is 0 Å². The monoisotopic (exact) mass is 201 g/mol. The number of aryl methyl sites for hydroxylation is 1. The van der Waals surface area contributed by atoms with Crippen molar-refractivity contribution in [1.82, 2.24) is 5.16 Å². The van der Waals surface area contributed by atoms with E-state index in [1.165, 1.54) is 12.8 Å². The van der Waals surface area contributed by atoms with Gasteiger partial charge >= 0.3 is 0 Å². The third-order valence-electron chi connectivity index (χ3n) is 1.78. The van der Waals surface area contributed by atoms with E-state index in [0.717, 1.165) is 15.9 Å². The first-order valence-electron chi connectivity index (χ1n) is 3.40. The minimum absolute atomic E-state index is 0.673. The highest BCUT2D eigenvalue weighted by Crippen LogP contribution is 2.43. The van der Waals surface area contributed by atoms with Crippen LogP contribution < -0.4 is 0 Å². The number of aromatic nitrogens is 1. The molecule has 0 N–H and O–H groups in total. The van der Waals surface area contributed by atoms with Crippen molar-refractivity contribution in [3.63, 3.8) is 0 Å². The fraction of sp³-hybridized carbons (Fsp3) is 0.571. The topological polar surface area (TPSA) is 26.0 Å². The molecule has 0 aromatic carbocycles. The lowest BCUT2D eigenvalue weighted by molar-refractivity contribution is 0.390. The lowest BCUT2D eigenvalue weighted by Crippen LogP contribution is -1.77. The molecule has 1 aromatic rings. The molecule has 54 valence electrons. The van der Waals surface area contributed by atoms with Gasteiger partial charge in [-0.3, -0.25) is 0 Å². The molecule has 0 atom stereocenters. The van der Waals surface area contributed by atoms with Crippen LogP contribution >= 0.6 is 15.9 Å². The van der Waals surface area contributed by atoms with Crippen LogP contribution in [-0.2, 0) is 0 Å². The molecule has 1 heterocycles. The van der Waals surface area contributed by atoms with Crippen LogP contribution in [0.1, 0.15) is 30.2 Å². The van der Waals surface area contributed by atoms with Gasteiger partial charge in [0.15, 0.2) is 0 Å². The van der Waals surface area contributed by atoms with Crippen molar-refractivity contribution in [3.05, 3.63) is 15.9 Å². The van der Waals surface area contributed by atoms with E-state index in [2.05, 4.69) is 21.1 Å². The number of hydrogen-bond donors (Lipinski definition) is 0. The number of halogens is 1. The Bertz CT molecular complexity index is 252. The minimum Gasteiger partial charge on any atom is -0.360 e. The zero-order valence-electron chi connectivity index (χ0n) is 5.72. The lowest BCUT2D eigenvalue weighted by Gasteiger charge is -1.86. The molecule has 1 aromatic heterocycles. The largest absolute Gasteiger partial charge is 0.360 e. The summed E-state index contributed by atoms with van der Waals surface area (Å²) >= 11 is 3.43. The molecule has 1 aliphatic carbocycles. The second-order valence-electron chi connectivity index (χ2n) is 2.71. The van der Waals surface area contributed by atoms with Crippen LogP contribution in [-0.4, -0.2) is 5.16 Å². The number of hydrogen-bond acceptors (Lipinski definition) is 2. The average Bonchev–Trinajstić information content (AvgIpc) is 2.67. The number of nitrogens with zero attached hydrogens (tertiary/aromatic N) is 1. The van der Waals surface area contributed by atoms with Gasteiger partial charge in [0.25, 0.3) is 0 Å². The normalized spacial score (nSPS) is 17.8. The Kier molecular flexibility index (Phi) is 1.34. The van der Waals surface area contributed by atoms with Crippen LogP contribution in [0.2, 0.25) is 0 Å². The SMILES string of the molecule is Cc1onc(C2CC2)c1Br. The van der Waals surface area contributed by atoms with Gasteiger partial charge in [0, 0.05) is 5.92 Å². The molecule has 0 radical (unpaired) electrons. The standard InChI is InChI=1S/C7H8BrNO/c1-4-6(8)7(9-10-4)5-2-3-5/h5H,2-3H2,1H3. The summed E-state index contributed by atoms with van der Waals surface area (Å²) in [5, 5.41) is 3.96. The summed E-state index contributed by atoms with van der Waals surface area (Å²) in [6.45, 7) is 1.92. The van der Waals surface area contributed by atoms with Gasteiger partial charge in [-0.05, 0) is 35.7 Å². The van der Waals surface area contributed by atoms with E-state index in [-0.39, 0.29) is 0 Å². The summed E-state index contributed by atoms with van der Waals surface area (Å²) in [4.78, 5) is 0. The van der Waals surface area contributed by atoms with Gasteiger partial charge in [0.05, 0.1) is 4.47 Å². The molecular formula is C7H8BrNO. The van der Waals surface area contributed by atoms with Gasteiger partial charge in [-0.25, -0.2) is 0 Å². The summed E-state index contributed by atoms with van der Waals surface area (Å²) in [7, 11) is 0. The molecule has 0 unspecified atom stereocenters. The van der Waals surface area contributed by atoms with E-state index in [0.29, 0.717) is 5.92 Å². The molecule has 3 heteroatoms. The number of rotatable bonds is 1. The van der Waals surface area contributed by atoms with E-state index >= 15 is 0 Å². The Balaban J connectivity index is 2.40. The molecule has 1 saturated carbocycles. The van der Waals surface area contributed by atoms with E-state index in [4.69, 9.17) is 4.52 Å². The first-order valence-corrected chi connectivity index (χ1v) is 4.20. The molecule has 10 heavy (non-hydrogen) atoms. The first kappa shape index (κ1) is 6.40. The molecule has 0 saturated heterocycles. The summed E-state index contributed by atoms with van der Waals surface area (Å²) in [5.74, 6) is 1.56. The van der Waals surface area contributed by atoms with Crippen molar-refractivity contribution in [2.24, 2.45) is 0 Å². The fourth-order valence-corrected chi connectivity index (χ4v) is 1.46. The Morgan fingerprint density at radius 1 is 1.60 bits per heavy atom. The van der Waals surface area contributed by atoms with Crippen molar-refractivity contribution < 1.29 is 4.52 Å². The zero-order chi connectivity index (χ0) is 7.14. The third-order valence-corrected chi connectivity index (χ3v) is 2.74. The van der Waals surface area contributed by atoms with Crippen molar-refractivity contribution >= 4 is 15.9 Å². The smallest absolute Gasteiger partial charge is 0.148 e. The van der Waals surface area contributed by atoms with Gasteiger partial charge in [0.1, 0.15) is 11.5 Å². The maximum absolute atomic E-state index is 5.00. The quantitative estimate of drug-likeness (QED) is 0.699. The first-order chi connectivity index (χ1) is 4.79. The Morgan fingerprint density at radius 3 is 2.70 bits per heavy atom. The van der Waals surface area contributed by atoms with Crippen LogP contribution in [0.15, 0.2) is 9.00 Å². The maximum Gasteiger partial charge on any atom is 0.148 e. The molecular weight excluding hydrogens is 194 g/mol. The zero-order valence-corrected chi connectivity index (χ0v) is 7.31. The molecule has 2 rings (SSSR count). The highest BCUT2D eigenvalue weighted by atomic mass is 79.9. The van der Waals surface area contributed by atoms with Crippen molar-refractivity contribution in [1.29, 1.82) is 0 Å². The van der Waals surface area contributed by atoms with Gasteiger partial charge in [-0.1, -0.05) is 5.16 Å².